The largest absolute Gasteiger partial charge is 0.497 e. The molecule has 0 spiro atoms. The molecule has 4 rings (SSSR count). The van der Waals surface area contributed by atoms with Crippen molar-refractivity contribution in [2.45, 2.75) is 38.5 Å². The number of methoxy groups -OCH3 is 1. The van der Waals surface area contributed by atoms with Gasteiger partial charge in [-0.05, 0) is 48.3 Å². The van der Waals surface area contributed by atoms with Gasteiger partial charge in [0.15, 0.2) is 5.78 Å². The highest BCUT2D eigenvalue weighted by molar-refractivity contribution is 7.99. The fourth-order valence-corrected chi connectivity index (χ4v) is 5.45. The summed E-state index contributed by atoms with van der Waals surface area (Å²) < 4.78 is 10.8. The second kappa shape index (κ2) is 11.6. The first kappa shape index (κ1) is 26.5. The minimum absolute atomic E-state index is 0.0189. The number of esters is 1. The Bertz CT molecular complexity index is 1250. The third-order valence-electron chi connectivity index (χ3n) is 6.74. The highest BCUT2D eigenvalue weighted by Crippen LogP contribution is 2.46. The first-order chi connectivity index (χ1) is 17.8. The van der Waals surface area contributed by atoms with Crippen molar-refractivity contribution >= 4 is 29.2 Å². The number of nitrogens with one attached hydrogen (secondary N) is 1. The minimum Gasteiger partial charge on any atom is -0.497 e. The summed E-state index contributed by atoms with van der Waals surface area (Å²) in [5, 5.41) is 14.5. The smallest absolute Gasteiger partial charge is 0.336 e. The molecule has 2 aromatic rings. The maximum Gasteiger partial charge on any atom is 0.336 e. The van der Waals surface area contributed by atoms with Crippen LogP contribution in [0.25, 0.3) is 0 Å². The van der Waals surface area contributed by atoms with Crippen LogP contribution in [0.1, 0.15) is 49.7 Å². The molecular weight excluding hydrogens is 492 g/mol. The Kier molecular flexibility index (Phi) is 8.33. The highest BCUT2D eigenvalue weighted by Gasteiger charge is 2.41. The summed E-state index contributed by atoms with van der Waals surface area (Å²) in [4.78, 5) is 37.7. The van der Waals surface area contributed by atoms with E-state index in [1.54, 1.807) is 37.9 Å². The second-order valence-electron chi connectivity index (χ2n) is 8.97. The van der Waals surface area contributed by atoms with E-state index in [1.807, 2.05) is 31.2 Å². The molecule has 0 fully saturated rings. The monoisotopic (exact) mass is 522 g/mol. The number of non-ortho nitro benzene ring substituents is 1. The van der Waals surface area contributed by atoms with Crippen LogP contribution in [0.15, 0.2) is 71.1 Å². The van der Waals surface area contributed by atoms with Gasteiger partial charge in [-0.3, -0.25) is 14.9 Å². The topological polar surface area (TPSA) is 108 Å². The van der Waals surface area contributed by atoms with Gasteiger partial charge in [0.05, 0.1) is 17.6 Å². The lowest BCUT2D eigenvalue weighted by Gasteiger charge is -2.36. The van der Waals surface area contributed by atoms with Gasteiger partial charge in [-0.1, -0.05) is 31.2 Å². The number of nitro groups is 1. The number of ketones is 1. The van der Waals surface area contributed by atoms with Gasteiger partial charge >= 0.3 is 5.97 Å². The van der Waals surface area contributed by atoms with Gasteiger partial charge in [-0.2, -0.15) is 11.8 Å². The molecule has 0 saturated heterocycles. The first-order valence-electron chi connectivity index (χ1n) is 12.2. The fourth-order valence-electron chi connectivity index (χ4n) is 4.96. The van der Waals surface area contributed by atoms with Crippen molar-refractivity contribution in [2.24, 2.45) is 0 Å². The van der Waals surface area contributed by atoms with Crippen LogP contribution < -0.4 is 10.1 Å². The number of allylic oxidation sites excluding steroid dienone is 3. The first-order valence-corrected chi connectivity index (χ1v) is 13.4. The van der Waals surface area contributed by atoms with Gasteiger partial charge in [-0.15, -0.1) is 0 Å². The van der Waals surface area contributed by atoms with E-state index in [0.717, 1.165) is 22.8 Å². The molecule has 0 radical (unpaired) electrons. The average molecular weight is 523 g/mol. The Hall–Kier alpha value is -3.59. The maximum absolute atomic E-state index is 13.7. The van der Waals surface area contributed by atoms with E-state index >= 15 is 0 Å². The van der Waals surface area contributed by atoms with Crippen LogP contribution in [0.2, 0.25) is 0 Å². The molecule has 2 atom stereocenters. The highest BCUT2D eigenvalue weighted by atomic mass is 32.2. The number of carbonyl (C=O) groups excluding carboxylic acids is 2. The molecule has 0 aromatic heterocycles. The summed E-state index contributed by atoms with van der Waals surface area (Å²) >= 11 is 1.67. The van der Waals surface area contributed by atoms with Crippen molar-refractivity contribution in [1.29, 1.82) is 0 Å². The average Bonchev–Trinajstić information content (AvgIpc) is 2.90. The molecule has 37 heavy (non-hydrogen) atoms. The van der Waals surface area contributed by atoms with Crippen LogP contribution in [0.3, 0.4) is 0 Å². The van der Waals surface area contributed by atoms with Crippen molar-refractivity contribution in [1.82, 2.24) is 5.32 Å². The molecular formula is C28H30N2O6S. The summed E-state index contributed by atoms with van der Waals surface area (Å²) in [6.45, 7) is 4.11. The van der Waals surface area contributed by atoms with Gasteiger partial charge in [-0.25, -0.2) is 4.79 Å². The maximum atomic E-state index is 13.7. The Balaban J connectivity index is 1.71. The quantitative estimate of drug-likeness (QED) is 0.206. The van der Waals surface area contributed by atoms with Gasteiger partial charge in [0.1, 0.15) is 12.4 Å². The zero-order valence-corrected chi connectivity index (χ0v) is 21.9. The lowest BCUT2D eigenvalue weighted by Crippen LogP contribution is -2.36. The Morgan fingerprint density at radius 2 is 1.78 bits per heavy atom. The van der Waals surface area contributed by atoms with Crippen molar-refractivity contribution < 1.29 is 24.0 Å². The number of thioether (sulfide) groups is 1. The number of nitro benzene ring substituents is 1. The Morgan fingerprint density at radius 3 is 2.41 bits per heavy atom. The van der Waals surface area contributed by atoms with Crippen molar-refractivity contribution in [2.75, 3.05) is 25.2 Å². The van der Waals surface area contributed by atoms with Crippen LogP contribution in [-0.2, 0) is 14.3 Å². The van der Waals surface area contributed by atoms with E-state index < -0.39 is 16.8 Å². The van der Waals surface area contributed by atoms with Crippen LogP contribution in [0.5, 0.6) is 5.75 Å². The molecule has 1 heterocycles. The molecule has 1 aliphatic heterocycles. The lowest BCUT2D eigenvalue weighted by molar-refractivity contribution is -0.384. The van der Waals surface area contributed by atoms with Gasteiger partial charge < -0.3 is 14.8 Å². The van der Waals surface area contributed by atoms with E-state index in [1.165, 1.54) is 12.1 Å². The van der Waals surface area contributed by atoms with Gasteiger partial charge in [0, 0.05) is 47.2 Å². The number of hydrogen-bond donors (Lipinski definition) is 1. The number of nitrogens with zero attached hydrogens (tertiary/aromatic N) is 1. The number of carbonyl (C=O) groups is 2. The fraction of sp³-hybridized carbons (Fsp3) is 0.357. The molecule has 9 heteroatoms. The zero-order valence-electron chi connectivity index (χ0n) is 21.1. The number of rotatable bonds is 9. The second-order valence-corrected chi connectivity index (χ2v) is 10.4. The predicted molar refractivity (Wildman–Crippen MR) is 143 cm³/mol. The molecule has 0 unspecified atom stereocenters. The summed E-state index contributed by atoms with van der Waals surface area (Å²) in [7, 11) is 1.61. The van der Waals surface area contributed by atoms with Gasteiger partial charge in [0.25, 0.3) is 5.69 Å². The van der Waals surface area contributed by atoms with Crippen molar-refractivity contribution in [3.05, 3.63) is 92.3 Å². The number of Topliss-reactive ketones (excluding diaryl/α,β-unsaturated/α-hetero) is 1. The SMILES string of the molecule is CCSCCOC(=O)C1=C(C)NC2=C(C(=O)C[C@@H](c3ccc(OC)cc3)C2)[C@H]1c1ccc([N+](=O)[O-])cc1. The van der Waals surface area contributed by atoms with Crippen LogP contribution in [-0.4, -0.2) is 41.9 Å². The van der Waals surface area contributed by atoms with E-state index in [4.69, 9.17) is 9.47 Å². The molecule has 8 nitrogen and oxygen atoms in total. The summed E-state index contributed by atoms with van der Waals surface area (Å²) in [5.41, 5.74) is 3.92. The normalized spacial score (nSPS) is 19.3. The summed E-state index contributed by atoms with van der Waals surface area (Å²) in [6, 6.07) is 13.8. The standard InChI is InChI=1S/C28H30N2O6S/c1-4-37-14-13-36-28(32)25-17(2)29-23-15-20(18-7-11-22(35-3)12-8-18)16-24(31)27(23)26(25)19-5-9-21(10-6-19)30(33)34/h5-12,20,26,29H,4,13-16H2,1-3H3/t20-,26-/m0/s1. The van der Waals surface area contributed by atoms with E-state index in [2.05, 4.69) is 5.32 Å². The molecule has 1 aliphatic carbocycles. The van der Waals surface area contributed by atoms with Crippen LogP contribution in [0, 0.1) is 10.1 Å². The van der Waals surface area contributed by atoms with Crippen molar-refractivity contribution in [3.63, 3.8) is 0 Å². The molecule has 2 aliphatic rings. The number of benzene rings is 2. The predicted octanol–water partition coefficient (Wildman–Crippen LogP) is 5.26. The van der Waals surface area contributed by atoms with E-state index in [-0.39, 0.29) is 24.0 Å². The van der Waals surface area contributed by atoms with E-state index in [0.29, 0.717) is 41.0 Å². The molecule has 1 N–H and O–H groups in total. The van der Waals surface area contributed by atoms with Crippen LogP contribution >= 0.6 is 11.8 Å². The molecule has 194 valence electrons. The summed E-state index contributed by atoms with van der Waals surface area (Å²) in [5.74, 6) is 1.13. The molecule has 2 aromatic carbocycles. The zero-order chi connectivity index (χ0) is 26.5. The number of dihydropyridines is 1. The Labute approximate surface area is 220 Å². The van der Waals surface area contributed by atoms with Crippen LogP contribution in [0.4, 0.5) is 5.69 Å². The molecule has 0 amide bonds. The summed E-state index contributed by atoms with van der Waals surface area (Å²) in [6.07, 6.45) is 0.897. The third-order valence-corrected chi connectivity index (χ3v) is 7.60. The van der Waals surface area contributed by atoms with E-state index in [9.17, 15) is 19.7 Å². The Morgan fingerprint density at radius 1 is 1.11 bits per heavy atom. The van der Waals surface area contributed by atoms with Gasteiger partial charge in [0.2, 0.25) is 0 Å². The third kappa shape index (κ3) is 5.72. The number of ether oxygens (including phenoxy) is 2. The molecule has 0 bridgehead atoms. The minimum atomic E-state index is -0.660. The lowest BCUT2D eigenvalue weighted by atomic mass is 9.71. The molecule has 0 saturated carbocycles. The van der Waals surface area contributed by atoms with Crippen molar-refractivity contribution in [3.8, 4) is 5.75 Å². The number of hydrogen-bond acceptors (Lipinski definition) is 8.